The molecule has 0 bridgehead atoms. The summed E-state index contributed by atoms with van der Waals surface area (Å²) in [4.78, 5) is 28.4. The molecule has 1 aliphatic rings. The van der Waals surface area contributed by atoms with E-state index in [1.54, 1.807) is 48.8 Å². The highest BCUT2D eigenvalue weighted by Crippen LogP contribution is 2.29. The molecule has 1 N–H and O–H groups in total. The van der Waals surface area contributed by atoms with Crippen LogP contribution in [-0.2, 0) is 9.53 Å². The van der Waals surface area contributed by atoms with E-state index in [9.17, 15) is 9.59 Å². The lowest BCUT2D eigenvalue weighted by molar-refractivity contribution is -0.115. The average molecular weight is 420 g/mol. The SMILES string of the molecule is COC(=O)c1ccccc1C#Cc1cncc2cc(/C=C3\SC(=S)NC3=O)oc12. The van der Waals surface area contributed by atoms with Crippen molar-refractivity contribution in [1.82, 2.24) is 10.3 Å². The number of hydrogen-bond acceptors (Lipinski definition) is 7. The first-order valence-corrected chi connectivity index (χ1v) is 9.59. The summed E-state index contributed by atoms with van der Waals surface area (Å²) in [7, 11) is 1.33. The second-order valence-electron chi connectivity index (χ2n) is 5.89. The zero-order valence-electron chi connectivity index (χ0n) is 15.0. The first kappa shape index (κ1) is 18.9. The van der Waals surface area contributed by atoms with Crippen LogP contribution < -0.4 is 5.32 Å². The number of aromatic nitrogens is 1. The average Bonchev–Trinajstić information content (AvgIpc) is 3.28. The van der Waals surface area contributed by atoms with Gasteiger partial charge in [-0.1, -0.05) is 48.0 Å². The van der Waals surface area contributed by atoms with Gasteiger partial charge >= 0.3 is 5.97 Å². The number of amides is 1. The van der Waals surface area contributed by atoms with Gasteiger partial charge in [0.15, 0.2) is 5.58 Å². The fraction of sp³-hybridized carbons (Fsp3) is 0.0476. The van der Waals surface area contributed by atoms with Crippen molar-refractivity contribution in [3.05, 3.63) is 70.1 Å². The second-order valence-corrected chi connectivity index (χ2v) is 7.61. The minimum Gasteiger partial charge on any atom is -0.465 e. The highest BCUT2D eigenvalue weighted by Gasteiger charge is 2.22. The molecule has 0 radical (unpaired) electrons. The summed E-state index contributed by atoms with van der Waals surface area (Å²) in [5.74, 6) is 5.77. The van der Waals surface area contributed by atoms with Crippen molar-refractivity contribution < 1.29 is 18.7 Å². The number of carbonyl (C=O) groups is 2. The van der Waals surface area contributed by atoms with Crippen molar-refractivity contribution in [1.29, 1.82) is 0 Å². The molecule has 142 valence electrons. The van der Waals surface area contributed by atoms with Crippen LogP contribution in [0.1, 0.15) is 27.2 Å². The van der Waals surface area contributed by atoms with Crippen LogP contribution in [0.15, 0.2) is 52.0 Å². The Morgan fingerprint density at radius 1 is 1.28 bits per heavy atom. The molecule has 1 saturated heterocycles. The van der Waals surface area contributed by atoms with Crippen molar-refractivity contribution in [2.24, 2.45) is 0 Å². The van der Waals surface area contributed by atoms with Gasteiger partial charge in [-0.15, -0.1) is 0 Å². The lowest BCUT2D eigenvalue weighted by Crippen LogP contribution is -2.17. The molecule has 1 aliphatic heterocycles. The van der Waals surface area contributed by atoms with Crippen LogP contribution in [0.4, 0.5) is 0 Å². The monoisotopic (exact) mass is 420 g/mol. The number of ether oxygens (including phenoxy) is 1. The van der Waals surface area contributed by atoms with Crippen molar-refractivity contribution >= 4 is 57.2 Å². The minimum absolute atomic E-state index is 0.252. The van der Waals surface area contributed by atoms with Gasteiger partial charge in [0.1, 0.15) is 10.1 Å². The number of thiocarbonyl (C=S) groups is 1. The number of hydrogen-bond donors (Lipinski definition) is 1. The van der Waals surface area contributed by atoms with Crippen molar-refractivity contribution in [2.45, 2.75) is 0 Å². The van der Waals surface area contributed by atoms with Gasteiger partial charge in [-0.2, -0.15) is 0 Å². The first-order valence-electron chi connectivity index (χ1n) is 8.37. The van der Waals surface area contributed by atoms with Crippen molar-refractivity contribution in [2.75, 3.05) is 7.11 Å². The van der Waals surface area contributed by atoms with Gasteiger partial charge in [0, 0.05) is 29.4 Å². The van der Waals surface area contributed by atoms with Crippen molar-refractivity contribution in [3.8, 4) is 11.8 Å². The topological polar surface area (TPSA) is 81.4 Å². The Morgan fingerprint density at radius 2 is 2.07 bits per heavy atom. The van der Waals surface area contributed by atoms with Crippen LogP contribution >= 0.6 is 24.0 Å². The largest absolute Gasteiger partial charge is 0.465 e. The molecule has 0 saturated carbocycles. The minimum atomic E-state index is -0.455. The molecule has 4 rings (SSSR count). The molecule has 2 aromatic heterocycles. The lowest BCUT2D eigenvalue weighted by Gasteiger charge is -2.01. The van der Waals surface area contributed by atoms with Crippen LogP contribution in [0.3, 0.4) is 0 Å². The molecule has 3 aromatic rings. The normalized spacial score (nSPS) is 14.6. The third kappa shape index (κ3) is 3.92. The number of benzene rings is 1. The Morgan fingerprint density at radius 3 is 2.83 bits per heavy atom. The summed E-state index contributed by atoms with van der Waals surface area (Å²) in [5.41, 5.74) is 2.03. The summed E-state index contributed by atoms with van der Waals surface area (Å²) in [6.07, 6.45) is 4.87. The molecule has 1 amide bonds. The number of furan rings is 1. The number of rotatable bonds is 2. The molecule has 1 aromatic carbocycles. The maximum absolute atomic E-state index is 11.9. The van der Waals surface area contributed by atoms with Crippen LogP contribution in [0.2, 0.25) is 0 Å². The molecule has 0 atom stereocenters. The smallest absolute Gasteiger partial charge is 0.339 e. The van der Waals surface area contributed by atoms with Crippen LogP contribution in [0.5, 0.6) is 0 Å². The molecule has 0 unspecified atom stereocenters. The van der Waals surface area contributed by atoms with E-state index in [4.69, 9.17) is 21.4 Å². The Balaban J connectivity index is 1.73. The van der Waals surface area contributed by atoms with Crippen LogP contribution in [0.25, 0.3) is 17.0 Å². The van der Waals surface area contributed by atoms with Crippen LogP contribution in [0, 0.1) is 11.8 Å². The Labute approximate surface area is 175 Å². The number of fused-ring (bicyclic) bond motifs is 1. The van der Waals surface area contributed by atoms with E-state index < -0.39 is 5.97 Å². The quantitative estimate of drug-likeness (QED) is 0.294. The predicted molar refractivity (Wildman–Crippen MR) is 114 cm³/mol. The number of nitrogens with zero attached hydrogens (tertiary/aromatic N) is 1. The number of methoxy groups -OCH3 is 1. The zero-order chi connectivity index (χ0) is 20.4. The number of nitrogens with one attached hydrogen (secondary N) is 1. The fourth-order valence-corrected chi connectivity index (χ4v) is 3.73. The molecule has 0 aliphatic carbocycles. The fourth-order valence-electron chi connectivity index (χ4n) is 2.71. The summed E-state index contributed by atoms with van der Waals surface area (Å²) in [6.45, 7) is 0. The molecular formula is C21H12N2O4S2. The maximum Gasteiger partial charge on any atom is 0.339 e. The lowest BCUT2D eigenvalue weighted by atomic mass is 10.1. The molecule has 8 heteroatoms. The molecule has 3 heterocycles. The van der Waals surface area contributed by atoms with E-state index in [2.05, 4.69) is 22.1 Å². The van der Waals surface area contributed by atoms with Gasteiger partial charge < -0.3 is 14.5 Å². The van der Waals surface area contributed by atoms with E-state index in [1.807, 2.05) is 0 Å². The predicted octanol–water partition coefficient (Wildman–Crippen LogP) is 3.50. The van der Waals surface area contributed by atoms with Crippen LogP contribution in [-0.4, -0.2) is 28.3 Å². The highest BCUT2D eigenvalue weighted by molar-refractivity contribution is 8.26. The summed E-state index contributed by atoms with van der Waals surface area (Å²) >= 11 is 6.17. The summed E-state index contributed by atoms with van der Waals surface area (Å²) in [6, 6.07) is 8.71. The summed E-state index contributed by atoms with van der Waals surface area (Å²) in [5, 5.41) is 3.31. The van der Waals surface area contributed by atoms with Gasteiger partial charge in [-0.3, -0.25) is 9.78 Å². The first-order chi connectivity index (χ1) is 14.0. The molecular weight excluding hydrogens is 408 g/mol. The van der Waals surface area contributed by atoms with Gasteiger partial charge in [0.05, 0.1) is 23.1 Å². The number of pyridine rings is 1. The van der Waals surface area contributed by atoms with Gasteiger partial charge in [0.2, 0.25) is 0 Å². The van der Waals surface area contributed by atoms with Gasteiger partial charge in [-0.25, -0.2) is 4.79 Å². The second kappa shape index (κ2) is 7.91. The van der Waals surface area contributed by atoms with Gasteiger partial charge in [-0.05, 0) is 18.2 Å². The van der Waals surface area contributed by atoms with E-state index in [0.29, 0.717) is 37.3 Å². The van der Waals surface area contributed by atoms with Crippen molar-refractivity contribution in [3.63, 3.8) is 0 Å². The maximum atomic E-state index is 11.9. The summed E-state index contributed by atoms with van der Waals surface area (Å²) < 4.78 is 11.1. The highest BCUT2D eigenvalue weighted by atomic mass is 32.2. The zero-order valence-corrected chi connectivity index (χ0v) is 16.6. The Hall–Kier alpha value is -3.41. The molecule has 6 nitrogen and oxygen atoms in total. The van der Waals surface area contributed by atoms with E-state index in [1.165, 1.54) is 18.9 Å². The van der Waals surface area contributed by atoms with E-state index in [0.717, 1.165) is 5.39 Å². The van der Waals surface area contributed by atoms with E-state index in [-0.39, 0.29) is 5.91 Å². The Bertz CT molecular complexity index is 1260. The molecule has 29 heavy (non-hydrogen) atoms. The number of carbonyl (C=O) groups excluding carboxylic acids is 2. The third-order valence-corrected chi connectivity index (χ3v) is 5.18. The third-order valence-electron chi connectivity index (χ3n) is 4.02. The molecule has 0 spiro atoms. The van der Waals surface area contributed by atoms with Gasteiger partial charge in [0.25, 0.3) is 5.91 Å². The number of esters is 1. The standard InChI is InChI=1S/C21H12N2O4S2/c1-26-20(25)16-5-3-2-4-12(16)6-7-13-10-22-11-14-8-15(27-18(13)14)9-17-19(24)23-21(28)29-17/h2-5,8-11H,1H3,(H,23,24,28)/b17-9-. The Kier molecular flexibility index (Phi) is 5.16. The molecule has 1 fully saturated rings. The number of thioether (sulfide) groups is 1. The van der Waals surface area contributed by atoms with E-state index >= 15 is 0 Å².